The van der Waals surface area contributed by atoms with Gasteiger partial charge in [0.2, 0.25) is 15.9 Å². The number of ether oxygens (including phenoxy) is 1. The van der Waals surface area contributed by atoms with Gasteiger partial charge in [0.1, 0.15) is 11.8 Å². The van der Waals surface area contributed by atoms with Crippen LogP contribution in [0.3, 0.4) is 0 Å². The largest absolute Gasteiger partial charge is 0.497 e. The second kappa shape index (κ2) is 10.4. The summed E-state index contributed by atoms with van der Waals surface area (Å²) in [6.07, 6.45) is 1.03. The second-order valence-electron chi connectivity index (χ2n) is 7.92. The molecule has 0 saturated heterocycles. The van der Waals surface area contributed by atoms with Crippen molar-refractivity contribution in [3.05, 3.63) is 78.4 Å². The first-order valence-electron chi connectivity index (χ1n) is 10.5. The molecule has 3 aromatic rings. The Morgan fingerprint density at radius 1 is 0.857 bits per heavy atom. The molecule has 2 N–H and O–H groups in total. The van der Waals surface area contributed by atoms with E-state index >= 15 is 0 Å². The Labute approximate surface area is 205 Å². The topological polar surface area (TPSA) is 122 Å². The van der Waals surface area contributed by atoms with E-state index < -0.39 is 32.0 Å². The molecule has 0 bridgehead atoms. The normalized spacial score (nSPS) is 12.5. The number of anilines is 3. The molecule has 0 spiro atoms. The van der Waals surface area contributed by atoms with Crippen molar-refractivity contribution in [1.82, 2.24) is 0 Å². The van der Waals surface area contributed by atoms with Crippen molar-refractivity contribution in [3.63, 3.8) is 0 Å². The van der Waals surface area contributed by atoms with Crippen LogP contribution in [-0.2, 0) is 24.8 Å². The zero-order chi connectivity index (χ0) is 25.8. The number of aryl methyl sites for hydroxylation is 1. The van der Waals surface area contributed by atoms with Crippen molar-refractivity contribution in [3.8, 4) is 5.75 Å². The predicted molar refractivity (Wildman–Crippen MR) is 137 cm³/mol. The molecule has 0 aliphatic rings. The molecule has 3 rings (SSSR count). The number of methoxy groups -OCH3 is 1. The molecule has 0 radical (unpaired) electrons. The molecule has 0 aromatic heterocycles. The van der Waals surface area contributed by atoms with Crippen LogP contribution in [0, 0.1) is 6.92 Å². The quantitative estimate of drug-likeness (QED) is 0.447. The average Bonchev–Trinajstić information content (AvgIpc) is 2.80. The Kier molecular flexibility index (Phi) is 7.71. The zero-order valence-electron chi connectivity index (χ0n) is 19.7. The summed E-state index contributed by atoms with van der Waals surface area (Å²) in [6.45, 7) is 3.36. The number of carbonyl (C=O) groups is 1. The van der Waals surface area contributed by atoms with E-state index in [1.165, 1.54) is 38.3 Å². The van der Waals surface area contributed by atoms with Crippen molar-refractivity contribution < 1.29 is 26.4 Å². The van der Waals surface area contributed by atoms with Crippen molar-refractivity contribution in [2.75, 3.05) is 27.7 Å². The standard InChI is InChI=1S/C24H27N3O6S2/c1-17-5-11-21(12-6-17)27(34(4,29)30)18(2)24(28)25-19-9-15-23(16-10-19)35(31,32)26-20-7-13-22(33-3)14-8-20/h5-16,18,26H,1-4H3,(H,25,28). The lowest BCUT2D eigenvalue weighted by atomic mass is 10.2. The first-order valence-corrected chi connectivity index (χ1v) is 13.9. The molecule has 186 valence electrons. The van der Waals surface area contributed by atoms with E-state index in [0.29, 0.717) is 22.8 Å². The van der Waals surface area contributed by atoms with Gasteiger partial charge >= 0.3 is 0 Å². The lowest BCUT2D eigenvalue weighted by Gasteiger charge is -2.28. The van der Waals surface area contributed by atoms with E-state index in [-0.39, 0.29) is 4.90 Å². The summed E-state index contributed by atoms with van der Waals surface area (Å²) in [5.74, 6) is 0.0297. The molecule has 0 aliphatic heterocycles. The number of nitrogens with zero attached hydrogens (tertiary/aromatic N) is 1. The van der Waals surface area contributed by atoms with Crippen LogP contribution in [0.5, 0.6) is 5.75 Å². The molecule has 0 fully saturated rings. The number of hydrogen-bond donors (Lipinski definition) is 2. The van der Waals surface area contributed by atoms with Crippen LogP contribution < -0.4 is 19.1 Å². The molecule has 11 heteroatoms. The minimum atomic E-state index is -3.86. The van der Waals surface area contributed by atoms with Crippen LogP contribution in [-0.4, -0.2) is 42.2 Å². The summed E-state index contributed by atoms with van der Waals surface area (Å²) in [6, 6.07) is 17.7. The molecule has 1 unspecified atom stereocenters. The van der Waals surface area contributed by atoms with Crippen molar-refractivity contribution in [2.45, 2.75) is 24.8 Å². The molecule has 0 heterocycles. The van der Waals surface area contributed by atoms with E-state index in [4.69, 9.17) is 4.74 Å². The van der Waals surface area contributed by atoms with Gasteiger partial charge in [-0.1, -0.05) is 17.7 Å². The number of benzene rings is 3. The molecule has 0 aliphatic carbocycles. The Hall–Kier alpha value is -3.57. The van der Waals surface area contributed by atoms with E-state index in [9.17, 15) is 21.6 Å². The van der Waals surface area contributed by atoms with Crippen LogP contribution >= 0.6 is 0 Å². The number of sulfonamides is 2. The minimum Gasteiger partial charge on any atom is -0.497 e. The monoisotopic (exact) mass is 517 g/mol. The number of amides is 1. The summed E-state index contributed by atoms with van der Waals surface area (Å²) >= 11 is 0. The molecule has 1 atom stereocenters. The number of nitrogens with one attached hydrogen (secondary N) is 2. The fourth-order valence-electron chi connectivity index (χ4n) is 3.34. The van der Waals surface area contributed by atoms with Gasteiger partial charge < -0.3 is 10.1 Å². The lowest BCUT2D eigenvalue weighted by Crippen LogP contribution is -2.45. The number of carbonyl (C=O) groups excluding carboxylic acids is 1. The number of hydrogen-bond acceptors (Lipinski definition) is 6. The molecule has 35 heavy (non-hydrogen) atoms. The van der Waals surface area contributed by atoms with Crippen molar-refractivity contribution in [2.24, 2.45) is 0 Å². The Morgan fingerprint density at radius 2 is 1.40 bits per heavy atom. The first kappa shape index (κ1) is 26.0. The zero-order valence-corrected chi connectivity index (χ0v) is 21.4. The minimum absolute atomic E-state index is 0.00298. The molecule has 1 amide bonds. The first-order chi connectivity index (χ1) is 16.4. The van der Waals surface area contributed by atoms with Crippen LogP contribution in [0.15, 0.2) is 77.7 Å². The van der Waals surface area contributed by atoms with E-state index in [1.807, 2.05) is 6.92 Å². The Balaban J connectivity index is 1.74. The van der Waals surface area contributed by atoms with Gasteiger partial charge in [-0.15, -0.1) is 0 Å². The van der Waals surface area contributed by atoms with Gasteiger partial charge in [-0.25, -0.2) is 16.8 Å². The predicted octanol–water partition coefficient (Wildman–Crippen LogP) is 3.60. The molecular formula is C24H27N3O6S2. The fourth-order valence-corrected chi connectivity index (χ4v) is 5.57. The smallest absolute Gasteiger partial charge is 0.261 e. The summed E-state index contributed by atoms with van der Waals surface area (Å²) < 4.78 is 58.8. The van der Waals surface area contributed by atoms with Crippen LogP contribution in [0.25, 0.3) is 0 Å². The highest BCUT2D eigenvalue weighted by Gasteiger charge is 2.29. The van der Waals surface area contributed by atoms with Crippen LogP contribution in [0.1, 0.15) is 12.5 Å². The second-order valence-corrected chi connectivity index (χ2v) is 11.5. The summed E-state index contributed by atoms with van der Waals surface area (Å²) in [5, 5.41) is 2.64. The summed E-state index contributed by atoms with van der Waals surface area (Å²) in [4.78, 5) is 12.9. The summed E-state index contributed by atoms with van der Waals surface area (Å²) in [5.41, 5.74) is 2.01. The van der Waals surface area contributed by atoms with Gasteiger partial charge in [-0.3, -0.25) is 13.8 Å². The van der Waals surface area contributed by atoms with E-state index in [2.05, 4.69) is 10.0 Å². The maximum Gasteiger partial charge on any atom is 0.261 e. The van der Waals surface area contributed by atoms with Gasteiger partial charge in [-0.2, -0.15) is 0 Å². The van der Waals surface area contributed by atoms with E-state index in [0.717, 1.165) is 16.1 Å². The third-order valence-corrected chi connectivity index (χ3v) is 7.79. The van der Waals surface area contributed by atoms with Crippen LogP contribution in [0.4, 0.5) is 17.1 Å². The van der Waals surface area contributed by atoms with E-state index in [1.54, 1.807) is 48.5 Å². The Bertz CT molecular complexity index is 1390. The third kappa shape index (κ3) is 6.52. The Morgan fingerprint density at radius 3 is 1.91 bits per heavy atom. The molecule has 9 nitrogen and oxygen atoms in total. The van der Waals surface area contributed by atoms with Crippen LogP contribution in [0.2, 0.25) is 0 Å². The summed E-state index contributed by atoms with van der Waals surface area (Å²) in [7, 11) is -6.09. The highest BCUT2D eigenvalue weighted by atomic mass is 32.2. The molecule has 3 aromatic carbocycles. The van der Waals surface area contributed by atoms with Crippen molar-refractivity contribution in [1.29, 1.82) is 0 Å². The fraction of sp³-hybridized carbons (Fsp3) is 0.208. The lowest BCUT2D eigenvalue weighted by molar-refractivity contribution is -0.116. The van der Waals surface area contributed by atoms with Gasteiger partial charge in [0.25, 0.3) is 10.0 Å². The van der Waals surface area contributed by atoms with Gasteiger partial charge in [-0.05, 0) is 74.5 Å². The highest BCUT2D eigenvalue weighted by molar-refractivity contribution is 7.92. The maximum absolute atomic E-state index is 12.9. The van der Waals surface area contributed by atoms with Crippen molar-refractivity contribution >= 4 is 43.0 Å². The third-order valence-electron chi connectivity index (χ3n) is 5.15. The van der Waals surface area contributed by atoms with Gasteiger partial charge in [0.15, 0.2) is 0 Å². The highest BCUT2D eigenvalue weighted by Crippen LogP contribution is 2.23. The number of rotatable bonds is 9. The average molecular weight is 518 g/mol. The van der Waals surface area contributed by atoms with Gasteiger partial charge in [0.05, 0.1) is 23.9 Å². The molecule has 0 saturated carbocycles. The SMILES string of the molecule is COc1ccc(NS(=O)(=O)c2ccc(NC(=O)C(C)N(c3ccc(C)cc3)S(C)(=O)=O)cc2)cc1. The van der Waals surface area contributed by atoms with Gasteiger partial charge in [0, 0.05) is 11.4 Å². The molecular weight excluding hydrogens is 490 g/mol. The maximum atomic E-state index is 12.9.